The van der Waals surface area contributed by atoms with Gasteiger partial charge in [-0.2, -0.15) is 0 Å². The molecule has 0 N–H and O–H groups in total. The van der Waals surface area contributed by atoms with Gasteiger partial charge in [0.25, 0.3) is 0 Å². The van der Waals surface area contributed by atoms with Crippen molar-refractivity contribution >= 4 is 35.3 Å². The summed E-state index contributed by atoms with van der Waals surface area (Å²) >= 11 is 6.98. The Morgan fingerprint density at radius 2 is 1.52 bits per heavy atom. The van der Waals surface area contributed by atoms with Crippen LogP contribution in [0.5, 0.6) is 0 Å². The van der Waals surface area contributed by atoms with E-state index in [9.17, 15) is 9.59 Å². The number of aromatic nitrogens is 4. The summed E-state index contributed by atoms with van der Waals surface area (Å²) in [6.45, 7) is 8.26. The van der Waals surface area contributed by atoms with Crippen molar-refractivity contribution in [3.8, 4) is 0 Å². The summed E-state index contributed by atoms with van der Waals surface area (Å²) in [5.74, 6) is -0.882. The molecule has 2 rings (SSSR count). The van der Waals surface area contributed by atoms with Crippen LogP contribution in [-0.4, -0.2) is 50.3 Å². The van der Waals surface area contributed by atoms with Crippen LogP contribution in [0.2, 0.25) is 5.28 Å². The van der Waals surface area contributed by atoms with Crippen LogP contribution in [0.1, 0.15) is 48.7 Å². The number of hydrogen-bond donors (Lipinski definition) is 0. The lowest BCUT2D eigenvalue weighted by Gasteiger charge is -2.04. The number of esters is 2. The van der Waals surface area contributed by atoms with Crippen molar-refractivity contribution in [2.24, 2.45) is 0 Å². The lowest BCUT2D eigenvalue weighted by molar-refractivity contribution is 0.0509. The molecule has 0 spiro atoms. The average molecular weight is 413 g/mol. The smallest absolute Gasteiger partial charge is 0.357 e. The molecule has 8 nitrogen and oxygen atoms in total. The third-order valence-electron chi connectivity index (χ3n) is 2.57. The molecule has 0 bridgehead atoms. The molecule has 0 aliphatic rings. The van der Waals surface area contributed by atoms with E-state index in [0.29, 0.717) is 29.3 Å². The van der Waals surface area contributed by atoms with E-state index in [4.69, 9.17) is 21.1 Å². The van der Waals surface area contributed by atoms with Crippen LogP contribution in [-0.2, 0) is 9.47 Å². The van der Waals surface area contributed by atoms with Crippen molar-refractivity contribution in [1.29, 1.82) is 0 Å². The number of rotatable bonds is 6. The summed E-state index contributed by atoms with van der Waals surface area (Å²) in [5, 5.41) is 1.04. The molecule has 10 heteroatoms. The fourth-order valence-corrected chi connectivity index (χ4v) is 2.42. The Morgan fingerprint density at radius 3 is 2.00 bits per heavy atom. The number of carbonyl (C=O) groups excluding carboxylic acids is 2. The maximum atomic E-state index is 11.4. The molecule has 0 saturated carbocycles. The highest BCUT2D eigenvalue weighted by atomic mass is 35.5. The largest absolute Gasteiger partial charge is 0.461 e. The van der Waals surface area contributed by atoms with E-state index in [1.54, 1.807) is 26.1 Å². The Kier molecular flexibility index (Phi) is 10.3. The van der Waals surface area contributed by atoms with Crippen LogP contribution in [0.4, 0.5) is 0 Å². The first-order valence-corrected chi connectivity index (χ1v) is 9.45. The summed E-state index contributed by atoms with van der Waals surface area (Å²) in [7, 11) is 0. The molecule has 146 valence electrons. The standard InChI is InChI=1S/C10H14N2O2S.C7H7ClN2O2/c1-4-14-9(13)8-5-6-11-10(12-8)15-7(2)3;1-2-12-6(11)5-3-4-9-7(8)10-5/h5-7H,4H2,1-3H3;3-4H,2H2,1H3. The molecule has 2 aromatic rings. The zero-order valence-electron chi connectivity index (χ0n) is 15.5. The maximum absolute atomic E-state index is 11.4. The minimum Gasteiger partial charge on any atom is -0.461 e. The van der Waals surface area contributed by atoms with E-state index in [1.807, 2.05) is 13.8 Å². The van der Waals surface area contributed by atoms with Crippen molar-refractivity contribution in [1.82, 2.24) is 19.9 Å². The summed E-state index contributed by atoms with van der Waals surface area (Å²) in [6, 6.07) is 3.01. The van der Waals surface area contributed by atoms with Crippen LogP contribution in [0, 0.1) is 0 Å². The quantitative estimate of drug-likeness (QED) is 0.400. The van der Waals surface area contributed by atoms with E-state index in [1.165, 1.54) is 24.0 Å². The third-order valence-corrected chi connectivity index (χ3v) is 3.63. The molecule has 27 heavy (non-hydrogen) atoms. The van der Waals surface area contributed by atoms with E-state index in [0.717, 1.165) is 0 Å². The van der Waals surface area contributed by atoms with Gasteiger partial charge in [-0.05, 0) is 37.6 Å². The van der Waals surface area contributed by atoms with Crippen molar-refractivity contribution < 1.29 is 19.1 Å². The van der Waals surface area contributed by atoms with Gasteiger partial charge in [0.2, 0.25) is 5.28 Å². The molecule has 0 unspecified atom stereocenters. The van der Waals surface area contributed by atoms with Crippen LogP contribution < -0.4 is 0 Å². The summed E-state index contributed by atoms with van der Waals surface area (Å²) < 4.78 is 9.54. The van der Waals surface area contributed by atoms with Gasteiger partial charge in [-0.15, -0.1) is 0 Å². The molecule has 0 aliphatic carbocycles. The highest BCUT2D eigenvalue weighted by molar-refractivity contribution is 7.99. The number of halogens is 1. The van der Waals surface area contributed by atoms with Gasteiger partial charge in [0, 0.05) is 17.6 Å². The molecule has 0 aromatic carbocycles. The molecule has 2 aromatic heterocycles. The Labute approximate surface area is 167 Å². The topological polar surface area (TPSA) is 104 Å². The Balaban J connectivity index is 0.000000277. The van der Waals surface area contributed by atoms with Gasteiger partial charge in [0.15, 0.2) is 16.5 Å². The van der Waals surface area contributed by atoms with Crippen LogP contribution in [0.15, 0.2) is 29.7 Å². The first-order valence-electron chi connectivity index (χ1n) is 8.19. The van der Waals surface area contributed by atoms with Crippen molar-refractivity contribution in [2.75, 3.05) is 13.2 Å². The highest BCUT2D eigenvalue weighted by Crippen LogP contribution is 2.18. The molecule has 2 heterocycles. The number of thioether (sulfide) groups is 1. The third kappa shape index (κ3) is 8.78. The van der Waals surface area contributed by atoms with Gasteiger partial charge >= 0.3 is 11.9 Å². The lowest BCUT2D eigenvalue weighted by atomic mass is 10.4. The first kappa shape index (κ1) is 22.8. The molecule has 0 aliphatic heterocycles. The second-order valence-electron chi connectivity index (χ2n) is 5.04. The lowest BCUT2D eigenvalue weighted by Crippen LogP contribution is -2.08. The molecular weight excluding hydrogens is 392 g/mol. The second kappa shape index (κ2) is 12.2. The minimum atomic E-state index is -0.484. The van der Waals surface area contributed by atoms with Gasteiger partial charge in [-0.1, -0.05) is 25.6 Å². The molecule has 0 radical (unpaired) electrons. The molecular formula is C17H21ClN4O4S. The van der Waals surface area contributed by atoms with Crippen molar-refractivity contribution in [2.45, 2.75) is 38.1 Å². The van der Waals surface area contributed by atoms with Gasteiger partial charge in [0.1, 0.15) is 0 Å². The van der Waals surface area contributed by atoms with E-state index >= 15 is 0 Å². The van der Waals surface area contributed by atoms with Crippen LogP contribution in [0.3, 0.4) is 0 Å². The molecule has 0 amide bonds. The Hall–Kier alpha value is -2.26. The summed E-state index contributed by atoms with van der Waals surface area (Å²) in [4.78, 5) is 37.9. The number of nitrogens with zero attached hydrogens (tertiary/aromatic N) is 4. The Bertz CT molecular complexity index is 761. The number of ether oxygens (including phenoxy) is 2. The van der Waals surface area contributed by atoms with Crippen LogP contribution in [0.25, 0.3) is 0 Å². The van der Waals surface area contributed by atoms with Gasteiger partial charge < -0.3 is 9.47 Å². The van der Waals surface area contributed by atoms with Crippen LogP contribution >= 0.6 is 23.4 Å². The van der Waals surface area contributed by atoms with Crippen molar-refractivity contribution in [3.05, 3.63) is 41.2 Å². The fourth-order valence-electron chi connectivity index (χ4n) is 1.58. The number of carbonyl (C=O) groups is 2. The van der Waals surface area contributed by atoms with Gasteiger partial charge in [0.05, 0.1) is 13.2 Å². The summed E-state index contributed by atoms with van der Waals surface area (Å²) in [6.07, 6.45) is 2.98. The zero-order valence-corrected chi connectivity index (χ0v) is 17.1. The van der Waals surface area contributed by atoms with E-state index in [-0.39, 0.29) is 11.0 Å². The predicted octanol–water partition coefficient (Wildman–Crippen LogP) is 3.46. The molecule has 0 saturated heterocycles. The predicted molar refractivity (Wildman–Crippen MR) is 102 cm³/mol. The maximum Gasteiger partial charge on any atom is 0.357 e. The normalized spacial score (nSPS) is 10.0. The monoisotopic (exact) mass is 412 g/mol. The minimum absolute atomic E-state index is 0.0422. The van der Waals surface area contributed by atoms with E-state index in [2.05, 4.69) is 19.9 Å². The first-order chi connectivity index (χ1) is 12.9. The highest BCUT2D eigenvalue weighted by Gasteiger charge is 2.10. The molecule has 0 atom stereocenters. The zero-order chi connectivity index (χ0) is 20.2. The SMILES string of the molecule is CCOC(=O)c1ccnc(Cl)n1.CCOC(=O)c1ccnc(SC(C)C)n1. The summed E-state index contributed by atoms with van der Waals surface area (Å²) in [5.41, 5.74) is 0.492. The Morgan fingerprint density at radius 1 is 1.00 bits per heavy atom. The van der Waals surface area contributed by atoms with E-state index < -0.39 is 11.9 Å². The molecule has 0 fully saturated rings. The van der Waals surface area contributed by atoms with Gasteiger partial charge in [-0.3, -0.25) is 0 Å². The average Bonchev–Trinajstić information content (AvgIpc) is 2.62. The fraction of sp³-hybridized carbons (Fsp3) is 0.412. The van der Waals surface area contributed by atoms with Crippen molar-refractivity contribution in [3.63, 3.8) is 0 Å². The second-order valence-corrected chi connectivity index (χ2v) is 6.92. The van der Waals surface area contributed by atoms with Gasteiger partial charge in [-0.25, -0.2) is 29.5 Å². The number of hydrogen-bond acceptors (Lipinski definition) is 9.